The van der Waals surface area contributed by atoms with Crippen LogP contribution in [0.3, 0.4) is 0 Å². The van der Waals surface area contributed by atoms with Crippen molar-refractivity contribution < 1.29 is 0 Å². The maximum absolute atomic E-state index is 6.30. The van der Waals surface area contributed by atoms with Crippen molar-refractivity contribution in [2.45, 2.75) is 44.9 Å². The van der Waals surface area contributed by atoms with Crippen LogP contribution in [0.1, 0.15) is 39.5 Å². The fourth-order valence-corrected chi connectivity index (χ4v) is 3.67. The van der Waals surface area contributed by atoms with Crippen molar-refractivity contribution in [3.05, 3.63) is 11.6 Å². The van der Waals surface area contributed by atoms with Gasteiger partial charge >= 0.3 is 0 Å². The maximum Gasteiger partial charge on any atom is 0.0369 e. The molecule has 0 aromatic carbocycles. The quantitative estimate of drug-likeness (QED) is 0.465. The highest BCUT2D eigenvalue weighted by atomic mass is 35.5. The summed E-state index contributed by atoms with van der Waals surface area (Å²) in [6.45, 7) is 4.38. The maximum atomic E-state index is 6.30. The molecule has 0 aromatic rings. The van der Waals surface area contributed by atoms with Gasteiger partial charge in [0, 0.05) is 5.38 Å². The zero-order chi connectivity index (χ0) is 9.42. The Bertz CT molecular complexity index is 215. The summed E-state index contributed by atoms with van der Waals surface area (Å²) in [5.74, 6) is 2.70. The number of alkyl halides is 1. The van der Waals surface area contributed by atoms with Gasteiger partial charge in [-0.05, 0) is 57.3 Å². The fraction of sp³-hybridized carbons (Fsp3) is 0.833. The highest BCUT2D eigenvalue weighted by molar-refractivity contribution is 6.21. The normalized spacial score (nSPS) is 42.4. The Morgan fingerprint density at radius 2 is 2.15 bits per heavy atom. The monoisotopic (exact) mass is 198 g/mol. The van der Waals surface area contributed by atoms with Crippen molar-refractivity contribution in [3.63, 3.8) is 0 Å². The number of rotatable bonds is 2. The van der Waals surface area contributed by atoms with Gasteiger partial charge in [-0.15, -0.1) is 11.6 Å². The van der Waals surface area contributed by atoms with E-state index in [9.17, 15) is 0 Å². The Morgan fingerprint density at radius 3 is 2.62 bits per heavy atom. The third-order valence-corrected chi connectivity index (χ3v) is 4.32. The molecule has 0 aromatic heterocycles. The molecule has 0 amide bonds. The molecule has 0 saturated heterocycles. The molecule has 1 heteroatoms. The summed E-state index contributed by atoms with van der Waals surface area (Å²) in [6.07, 6.45) is 7.79. The van der Waals surface area contributed by atoms with Crippen LogP contribution in [0.4, 0.5) is 0 Å². The number of hydrogen-bond acceptors (Lipinski definition) is 0. The van der Waals surface area contributed by atoms with Crippen molar-refractivity contribution >= 4 is 11.6 Å². The predicted molar refractivity (Wildman–Crippen MR) is 58.0 cm³/mol. The lowest BCUT2D eigenvalue weighted by molar-refractivity contribution is 0.411. The molecule has 0 spiro atoms. The summed E-state index contributed by atoms with van der Waals surface area (Å²) >= 11 is 6.30. The van der Waals surface area contributed by atoms with E-state index in [1.54, 1.807) is 0 Å². The molecular formula is C12H19Cl. The van der Waals surface area contributed by atoms with Gasteiger partial charge < -0.3 is 0 Å². The molecule has 4 atom stereocenters. The molecule has 2 aliphatic rings. The van der Waals surface area contributed by atoms with Gasteiger partial charge in [-0.2, -0.15) is 0 Å². The van der Waals surface area contributed by atoms with Gasteiger partial charge in [-0.25, -0.2) is 0 Å². The molecule has 2 rings (SSSR count). The first-order chi connectivity index (χ1) is 6.18. The number of allylic oxidation sites excluding steroid dienone is 2. The average Bonchev–Trinajstić information content (AvgIpc) is 2.56. The topological polar surface area (TPSA) is 0 Å². The van der Waals surface area contributed by atoms with Gasteiger partial charge in [0.15, 0.2) is 0 Å². The second-order valence-electron chi connectivity index (χ2n) is 4.93. The van der Waals surface area contributed by atoms with E-state index in [2.05, 4.69) is 19.9 Å². The third-order valence-electron chi connectivity index (χ3n) is 3.82. The van der Waals surface area contributed by atoms with Crippen LogP contribution in [0.25, 0.3) is 0 Å². The Labute approximate surface area is 86.4 Å². The van der Waals surface area contributed by atoms with Crippen molar-refractivity contribution in [3.8, 4) is 0 Å². The number of fused-ring (bicyclic) bond motifs is 2. The lowest BCUT2D eigenvalue weighted by Gasteiger charge is -2.15. The van der Waals surface area contributed by atoms with Crippen LogP contribution >= 0.6 is 11.6 Å². The predicted octanol–water partition coefficient (Wildman–Crippen LogP) is 4.00. The highest BCUT2D eigenvalue weighted by Gasteiger charge is 2.46. The van der Waals surface area contributed by atoms with Gasteiger partial charge in [0.1, 0.15) is 0 Å². The molecule has 74 valence electrons. The number of hydrogen-bond donors (Lipinski definition) is 0. The van der Waals surface area contributed by atoms with Gasteiger partial charge in [-0.3, -0.25) is 0 Å². The Hall–Kier alpha value is 0.0300. The van der Waals surface area contributed by atoms with E-state index in [4.69, 9.17) is 11.6 Å². The fourth-order valence-electron chi connectivity index (χ4n) is 3.13. The van der Waals surface area contributed by atoms with Gasteiger partial charge in [0.05, 0.1) is 0 Å². The molecule has 2 saturated carbocycles. The minimum atomic E-state index is 0.495. The van der Waals surface area contributed by atoms with Crippen molar-refractivity contribution in [2.75, 3.05) is 0 Å². The first kappa shape index (κ1) is 9.58. The van der Waals surface area contributed by atoms with Crippen LogP contribution in [-0.4, -0.2) is 5.38 Å². The van der Waals surface area contributed by atoms with E-state index in [1.165, 1.54) is 31.3 Å². The standard InChI is InChI=1S/C12H19Cl/c1-8(2)3-5-10-9-4-6-11(10)12(13)7-9/h3,9-12H,4-7H2,1-2H3. The van der Waals surface area contributed by atoms with E-state index in [0.717, 1.165) is 17.8 Å². The Kier molecular flexibility index (Phi) is 2.69. The molecular weight excluding hydrogens is 180 g/mol. The smallest absolute Gasteiger partial charge is 0.0369 e. The molecule has 2 bridgehead atoms. The minimum Gasteiger partial charge on any atom is -0.123 e. The second-order valence-corrected chi connectivity index (χ2v) is 5.49. The van der Waals surface area contributed by atoms with Crippen LogP contribution in [-0.2, 0) is 0 Å². The van der Waals surface area contributed by atoms with Gasteiger partial charge in [0.25, 0.3) is 0 Å². The lowest BCUT2D eigenvalue weighted by atomic mass is 9.93. The first-order valence-corrected chi connectivity index (χ1v) is 5.89. The molecule has 2 aliphatic carbocycles. The van der Waals surface area contributed by atoms with Crippen molar-refractivity contribution in [1.29, 1.82) is 0 Å². The Balaban J connectivity index is 1.98. The lowest BCUT2D eigenvalue weighted by Crippen LogP contribution is -2.11. The zero-order valence-electron chi connectivity index (χ0n) is 8.59. The molecule has 13 heavy (non-hydrogen) atoms. The van der Waals surface area contributed by atoms with Gasteiger partial charge in [0.2, 0.25) is 0 Å². The molecule has 2 fully saturated rings. The highest BCUT2D eigenvalue weighted by Crippen LogP contribution is 2.53. The van der Waals surface area contributed by atoms with Crippen molar-refractivity contribution in [1.82, 2.24) is 0 Å². The van der Waals surface area contributed by atoms with Crippen molar-refractivity contribution in [2.24, 2.45) is 17.8 Å². The average molecular weight is 199 g/mol. The van der Waals surface area contributed by atoms with E-state index in [1.807, 2.05) is 0 Å². The molecule has 0 heterocycles. The van der Waals surface area contributed by atoms with Crippen LogP contribution in [0, 0.1) is 17.8 Å². The summed E-state index contributed by atoms with van der Waals surface area (Å²) in [5.41, 5.74) is 1.46. The largest absolute Gasteiger partial charge is 0.123 e. The molecule has 4 unspecified atom stereocenters. The van der Waals surface area contributed by atoms with E-state index in [0.29, 0.717) is 5.38 Å². The molecule has 0 N–H and O–H groups in total. The Morgan fingerprint density at radius 1 is 1.38 bits per heavy atom. The van der Waals surface area contributed by atoms with E-state index in [-0.39, 0.29) is 0 Å². The van der Waals surface area contributed by atoms with Crippen LogP contribution in [0.15, 0.2) is 11.6 Å². The van der Waals surface area contributed by atoms with E-state index >= 15 is 0 Å². The molecule has 0 nitrogen and oxygen atoms in total. The third kappa shape index (κ3) is 1.79. The summed E-state index contributed by atoms with van der Waals surface area (Å²) in [6, 6.07) is 0. The second kappa shape index (κ2) is 3.65. The summed E-state index contributed by atoms with van der Waals surface area (Å²) in [4.78, 5) is 0. The number of halogens is 1. The minimum absolute atomic E-state index is 0.495. The molecule has 0 aliphatic heterocycles. The SMILES string of the molecule is CC(C)=CCC1C2CCC1C(Cl)C2. The van der Waals surface area contributed by atoms with Gasteiger partial charge in [-0.1, -0.05) is 11.6 Å². The zero-order valence-corrected chi connectivity index (χ0v) is 9.35. The molecule has 0 radical (unpaired) electrons. The summed E-state index contributed by atoms with van der Waals surface area (Å²) in [7, 11) is 0. The first-order valence-electron chi connectivity index (χ1n) is 5.46. The van der Waals surface area contributed by atoms with E-state index < -0.39 is 0 Å². The van der Waals surface area contributed by atoms with Crippen LogP contribution < -0.4 is 0 Å². The summed E-state index contributed by atoms with van der Waals surface area (Å²) in [5, 5.41) is 0.495. The van der Waals surface area contributed by atoms with Crippen LogP contribution in [0.5, 0.6) is 0 Å². The summed E-state index contributed by atoms with van der Waals surface area (Å²) < 4.78 is 0. The van der Waals surface area contributed by atoms with Crippen LogP contribution in [0.2, 0.25) is 0 Å².